The molecule has 0 bridgehead atoms. The quantitative estimate of drug-likeness (QED) is 0.0439. The van der Waals surface area contributed by atoms with E-state index in [1.54, 1.807) is 0 Å². The molecule has 0 unspecified atom stereocenters. The van der Waals surface area contributed by atoms with Crippen molar-refractivity contribution in [3.63, 3.8) is 0 Å². The van der Waals surface area contributed by atoms with Gasteiger partial charge in [0.15, 0.2) is 6.29 Å². The van der Waals surface area contributed by atoms with Crippen LogP contribution in [0.25, 0.3) is 0 Å². The average molecular weight is 720 g/mol. The Morgan fingerprint density at radius 3 is 1.60 bits per heavy atom. The fraction of sp³-hybridized carbons (Fsp3) is 0.974. The predicted octanol–water partition coefficient (Wildman–Crippen LogP) is 5.02. The highest BCUT2D eigenvalue weighted by Crippen LogP contribution is 2.23. The summed E-state index contributed by atoms with van der Waals surface area (Å²) in [5, 5.41) is 75.2. The van der Waals surface area contributed by atoms with Crippen LogP contribution in [0, 0.1) is 5.92 Å². The fourth-order valence-electron chi connectivity index (χ4n) is 6.62. The van der Waals surface area contributed by atoms with Gasteiger partial charge in [0.05, 0.1) is 25.4 Å². The molecule has 1 amide bonds. The summed E-state index contributed by atoms with van der Waals surface area (Å²) in [6, 6.07) is -1.16. The topological polar surface area (TPSA) is 189 Å². The summed E-state index contributed by atoms with van der Waals surface area (Å²) in [5.41, 5.74) is 0. The van der Waals surface area contributed by atoms with Crippen molar-refractivity contribution in [3.8, 4) is 0 Å². The second-order valence-corrected chi connectivity index (χ2v) is 15.2. The van der Waals surface area contributed by atoms with Crippen LogP contribution in [0.2, 0.25) is 0 Å². The normalized spacial score (nSPS) is 23.5. The smallest absolute Gasteiger partial charge is 0.249 e. The molecule has 50 heavy (non-hydrogen) atoms. The van der Waals surface area contributed by atoms with Gasteiger partial charge in [-0.3, -0.25) is 4.79 Å². The van der Waals surface area contributed by atoms with Crippen molar-refractivity contribution in [2.75, 3.05) is 13.2 Å². The molecule has 11 nitrogen and oxygen atoms in total. The first-order valence-corrected chi connectivity index (χ1v) is 20.3. The Morgan fingerprint density at radius 2 is 1.12 bits per heavy atom. The van der Waals surface area contributed by atoms with Crippen LogP contribution in [0.5, 0.6) is 0 Å². The summed E-state index contributed by atoms with van der Waals surface area (Å²) in [6.07, 6.45) is 13.2. The van der Waals surface area contributed by atoms with Crippen LogP contribution >= 0.6 is 0 Å². The van der Waals surface area contributed by atoms with E-state index in [0.717, 1.165) is 44.4 Å². The molecule has 1 saturated heterocycles. The van der Waals surface area contributed by atoms with Crippen molar-refractivity contribution < 1.29 is 50.0 Å². The van der Waals surface area contributed by atoms with Gasteiger partial charge >= 0.3 is 0 Å². The Morgan fingerprint density at radius 1 is 0.660 bits per heavy atom. The van der Waals surface area contributed by atoms with E-state index in [9.17, 15) is 40.5 Å². The van der Waals surface area contributed by atoms with Crippen molar-refractivity contribution in [1.82, 2.24) is 5.32 Å². The van der Waals surface area contributed by atoms with E-state index in [2.05, 4.69) is 26.1 Å². The van der Waals surface area contributed by atoms with E-state index < -0.39 is 74.2 Å². The molecule has 0 aromatic heterocycles. The predicted molar refractivity (Wildman–Crippen MR) is 196 cm³/mol. The van der Waals surface area contributed by atoms with E-state index in [-0.39, 0.29) is 6.42 Å². The summed E-state index contributed by atoms with van der Waals surface area (Å²) < 4.78 is 11.0. The molecule has 0 spiro atoms. The second kappa shape index (κ2) is 29.6. The number of amides is 1. The van der Waals surface area contributed by atoms with Crippen molar-refractivity contribution in [3.05, 3.63) is 0 Å². The zero-order valence-electron chi connectivity index (χ0n) is 31.8. The third-order valence-corrected chi connectivity index (χ3v) is 10.1. The van der Waals surface area contributed by atoms with Gasteiger partial charge in [0.2, 0.25) is 5.91 Å². The maximum atomic E-state index is 13.0. The Kier molecular flexibility index (Phi) is 27.9. The van der Waals surface area contributed by atoms with Gasteiger partial charge in [-0.2, -0.15) is 0 Å². The van der Waals surface area contributed by atoms with Gasteiger partial charge < -0.3 is 50.5 Å². The van der Waals surface area contributed by atoms with Gasteiger partial charge in [-0.15, -0.1) is 0 Å². The van der Waals surface area contributed by atoms with E-state index in [1.807, 2.05) is 0 Å². The zero-order valence-corrected chi connectivity index (χ0v) is 31.8. The monoisotopic (exact) mass is 720 g/mol. The van der Waals surface area contributed by atoms with Gasteiger partial charge in [0.25, 0.3) is 0 Å². The number of carbonyl (C=O) groups is 1. The van der Waals surface area contributed by atoms with Crippen molar-refractivity contribution >= 4 is 5.91 Å². The summed E-state index contributed by atoms with van der Waals surface area (Å²) in [5.74, 6) is 0.0657. The zero-order chi connectivity index (χ0) is 37.1. The van der Waals surface area contributed by atoms with E-state index in [1.165, 1.54) is 83.5 Å². The van der Waals surface area contributed by atoms with E-state index in [4.69, 9.17) is 9.47 Å². The second-order valence-electron chi connectivity index (χ2n) is 15.2. The van der Waals surface area contributed by atoms with Gasteiger partial charge in [-0.05, 0) is 18.8 Å². The van der Waals surface area contributed by atoms with Crippen LogP contribution in [-0.4, -0.2) is 110 Å². The maximum absolute atomic E-state index is 13.0. The average Bonchev–Trinajstić information content (AvgIpc) is 3.10. The number of hydrogen-bond acceptors (Lipinski definition) is 10. The third kappa shape index (κ3) is 21.0. The molecule has 1 fully saturated rings. The van der Waals surface area contributed by atoms with Crippen LogP contribution in [0.15, 0.2) is 0 Å². The molecule has 0 aliphatic carbocycles. The summed E-state index contributed by atoms with van der Waals surface area (Å²) in [6.45, 7) is 5.69. The van der Waals surface area contributed by atoms with Crippen LogP contribution in [-0.2, 0) is 14.3 Å². The SMILES string of the molecule is CCCCCCCCCCCCC[C@@H](O)C(=O)N[C@@H](CO[C@@H]1O[C@H](CO)[C@@H](O)[C@H](O)[C@H]1O)[C@H](O)[C@H](O)CCCCCCCCCCCC(C)C. The Labute approximate surface area is 303 Å². The van der Waals surface area contributed by atoms with Gasteiger partial charge in [-0.25, -0.2) is 0 Å². The molecule has 0 radical (unpaired) electrons. The number of aliphatic hydroxyl groups excluding tert-OH is 7. The first-order chi connectivity index (χ1) is 24.0. The number of ether oxygens (including phenoxy) is 2. The molecule has 0 aromatic rings. The minimum absolute atomic E-state index is 0.264. The molecule has 1 rings (SSSR count). The lowest BCUT2D eigenvalue weighted by Gasteiger charge is -2.40. The number of aliphatic hydroxyl groups is 7. The molecule has 9 atom stereocenters. The van der Waals surface area contributed by atoms with Gasteiger partial charge in [-0.1, -0.05) is 156 Å². The Balaban J connectivity index is 2.55. The van der Waals surface area contributed by atoms with Crippen molar-refractivity contribution in [2.45, 2.75) is 224 Å². The molecule has 298 valence electrons. The third-order valence-electron chi connectivity index (χ3n) is 10.1. The molecule has 0 aromatic carbocycles. The van der Waals surface area contributed by atoms with Crippen LogP contribution in [0.4, 0.5) is 0 Å². The number of unbranched alkanes of at least 4 members (excludes halogenated alkanes) is 18. The highest BCUT2D eigenvalue weighted by Gasteiger charge is 2.44. The largest absolute Gasteiger partial charge is 0.394 e. The molecule has 1 aliphatic heterocycles. The number of rotatable bonds is 32. The Bertz CT molecular complexity index is 803. The van der Waals surface area contributed by atoms with Gasteiger partial charge in [0, 0.05) is 0 Å². The van der Waals surface area contributed by atoms with Crippen LogP contribution in [0.1, 0.15) is 168 Å². The van der Waals surface area contributed by atoms with E-state index >= 15 is 0 Å². The maximum Gasteiger partial charge on any atom is 0.249 e. The standard InChI is InChI=1S/C39H77NO10/c1-4-5-6-7-8-9-10-13-17-20-23-26-32(43)38(48)40-30(28-49-39-37(47)36(46)35(45)33(27-41)50-39)34(44)31(42)25-22-19-16-14-11-12-15-18-21-24-29(2)3/h29-37,39,41-47H,4-28H2,1-3H3,(H,40,48)/t30-,31+,32+,33+,34-,35+,36-,37+,39+/m0/s1. The summed E-state index contributed by atoms with van der Waals surface area (Å²) >= 11 is 0. The number of carbonyl (C=O) groups excluding carboxylic acids is 1. The summed E-state index contributed by atoms with van der Waals surface area (Å²) in [4.78, 5) is 13.0. The first kappa shape index (κ1) is 47.1. The molecular weight excluding hydrogens is 642 g/mol. The lowest BCUT2D eigenvalue weighted by atomic mass is 9.98. The Hall–Kier alpha value is -0.890. The first-order valence-electron chi connectivity index (χ1n) is 20.3. The minimum Gasteiger partial charge on any atom is -0.394 e. The van der Waals surface area contributed by atoms with Crippen LogP contribution in [0.3, 0.4) is 0 Å². The molecular formula is C39H77NO10. The fourth-order valence-corrected chi connectivity index (χ4v) is 6.62. The molecule has 0 saturated carbocycles. The highest BCUT2D eigenvalue weighted by atomic mass is 16.7. The molecule has 1 heterocycles. The number of hydrogen-bond donors (Lipinski definition) is 8. The lowest BCUT2D eigenvalue weighted by Crippen LogP contribution is -2.60. The molecule has 1 aliphatic rings. The lowest BCUT2D eigenvalue weighted by molar-refractivity contribution is -0.303. The molecule has 8 N–H and O–H groups in total. The van der Waals surface area contributed by atoms with Crippen molar-refractivity contribution in [2.24, 2.45) is 5.92 Å². The minimum atomic E-state index is -1.65. The van der Waals surface area contributed by atoms with E-state index in [0.29, 0.717) is 19.3 Å². The molecule has 11 heteroatoms. The van der Waals surface area contributed by atoms with Gasteiger partial charge in [0.1, 0.15) is 36.6 Å². The number of nitrogens with one attached hydrogen (secondary N) is 1. The summed E-state index contributed by atoms with van der Waals surface area (Å²) in [7, 11) is 0. The van der Waals surface area contributed by atoms with Crippen molar-refractivity contribution in [1.29, 1.82) is 0 Å². The highest BCUT2D eigenvalue weighted by molar-refractivity contribution is 5.80. The van der Waals surface area contributed by atoms with Crippen LogP contribution < -0.4 is 5.32 Å².